The van der Waals surface area contributed by atoms with E-state index in [1.165, 1.54) is 5.56 Å². The molecule has 1 aromatic heterocycles. The summed E-state index contributed by atoms with van der Waals surface area (Å²) in [6, 6.07) is 11.6. The van der Waals surface area contributed by atoms with Crippen LogP contribution in [-0.4, -0.2) is 35.2 Å². The van der Waals surface area contributed by atoms with Crippen molar-refractivity contribution in [2.24, 2.45) is 0 Å². The lowest BCUT2D eigenvalue weighted by molar-refractivity contribution is 0.0819. The Balaban J connectivity index is 1.69. The summed E-state index contributed by atoms with van der Waals surface area (Å²) in [5.41, 5.74) is 3.03. The van der Waals surface area contributed by atoms with Crippen molar-refractivity contribution in [1.82, 2.24) is 9.88 Å². The number of ether oxygens (including phenoxy) is 1. The molecule has 126 valence electrons. The summed E-state index contributed by atoms with van der Waals surface area (Å²) >= 11 is 0. The van der Waals surface area contributed by atoms with E-state index in [0.29, 0.717) is 13.1 Å². The Labute approximate surface area is 142 Å². The molecule has 1 aromatic carbocycles. The molecule has 5 nitrogen and oxygen atoms in total. The summed E-state index contributed by atoms with van der Waals surface area (Å²) in [4.78, 5) is 18.6. The van der Waals surface area contributed by atoms with Gasteiger partial charge in [-0.3, -0.25) is 4.98 Å². The molecule has 2 heterocycles. The number of amides is 2. The monoisotopic (exact) mass is 325 g/mol. The lowest BCUT2D eigenvalue weighted by Crippen LogP contribution is -2.39. The lowest BCUT2D eigenvalue weighted by atomic mass is 10.2. The highest BCUT2D eigenvalue weighted by Gasteiger charge is 2.23. The standard InChI is InChI=1S/C19H23N3O2/c1-15-4-6-17(7-5-15)21-19(23)22(14-18-3-2-12-24-18)13-16-8-10-20-11-9-16/h4-11,18H,2-3,12-14H2,1H3,(H,21,23)/t18-/m1/s1. The van der Waals surface area contributed by atoms with Crippen LogP contribution in [0.3, 0.4) is 0 Å². The summed E-state index contributed by atoms with van der Waals surface area (Å²) in [7, 11) is 0. The van der Waals surface area contributed by atoms with Gasteiger partial charge in [-0.05, 0) is 49.6 Å². The molecule has 0 bridgehead atoms. The summed E-state index contributed by atoms with van der Waals surface area (Å²) in [5, 5.41) is 2.98. The molecule has 3 rings (SSSR count). The molecule has 24 heavy (non-hydrogen) atoms. The molecule has 1 N–H and O–H groups in total. The molecular formula is C19H23N3O2. The number of nitrogens with zero attached hydrogens (tertiary/aromatic N) is 2. The minimum atomic E-state index is -0.105. The molecule has 0 unspecified atom stereocenters. The van der Waals surface area contributed by atoms with Gasteiger partial charge < -0.3 is 15.0 Å². The predicted molar refractivity (Wildman–Crippen MR) is 93.8 cm³/mol. The highest BCUT2D eigenvalue weighted by molar-refractivity contribution is 5.89. The van der Waals surface area contributed by atoms with E-state index < -0.39 is 0 Å². The summed E-state index contributed by atoms with van der Waals surface area (Å²) in [5.74, 6) is 0. The molecule has 1 aliphatic heterocycles. The minimum absolute atomic E-state index is 0.105. The van der Waals surface area contributed by atoms with Crippen molar-refractivity contribution in [1.29, 1.82) is 0 Å². The second kappa shape index (κ2) is 7.93. The first-order chi connectivity index (χ1) is 11.7. The molecule has 0 saturated carbocycles. The largest absolute Gasteiger partial charge is 0.376 e. The Kier molecular flexibility index (Phi) is 5.43. The number of hydrogen-bond acceptors (Lipinski definition) is 3. The molecule has 1 fully saturated rings. The molecule has 5 heteroatoms. The molecule has 0 aliphatic carbocycles. The van der Waals surface area contributed by atoms with Crippen molar-refractivity contribution >= 4 is 11.7 Å². The molecule has 0 radical (unpaired) electrons. The van der Waals surface area contributed by atoms with Gasteiger partial charge in [0, 0.05) is 37.8 Å². The highest BCUT2D eigenvalue weighted by Crippen LogP contribution is 2.17. The first-order valence-electron chi connectivity index (χ1n) is 8.34. The van der Waals surface area contributed by atoms with Crippen LogP contribution >= 0.6 is 0 Å². The first kappa shape index (κ1) is 16.5. The maximum absolute atomic E-state index is 12.7. The van der Waals surface area contributed by atoms with Crippen LogP contribution in [-0.2, 0) is 11.3 Å². The fourth-order valence-corrected chi connectivity index (χ4v) is 2.80. The van der Waals surface area contributed by atoms with E-state index in [9.17, 15) is 4.79 Å². The molecule has 2 aromatic rings. The number of carbonyl (C=O) groups excluding carboxylic acids is 1. The number of hydrogen-bond donors (Lipinski definition) is 1. The minimum Gasteiger partial charge on any atom is -0.376 e. The van der Waals surface area contributed by atoms with Gasteiger partial charge in [0.1, 0.15) is 0 Å². The molecule has 0 spiro atoms. The third-order valence-corrected chi connectivity index (χ3v) is 4.16. The topological polar surface area (TPSA) is 54.5 Å². The Morgan fingerprint density at radius 2 is 2.00 bits per heavy atom. The van der Waals surface area contributed by atoms with Gasteiger partial charge >= 0.3 is 6.03 Å². The Hall–Kier alpha value is -2.40. The van der Waals surface area contributed by atoms with Gasteiger partial charge in [-0.2, -0.15) is 0 Å². The third-order valence-electron chi connectivity index (χ3n) is 4.16. The van der Waals surface area contributed by atoms with Gasteiger partial charge in [-0.1, -0.05) is 17.7 Å². The van der Waals surface area contributed by atoms with Crippen LogP contribution in [0.25, 0.3) is 0 Å². The van der Waals surface area contributed by atoms with Crippen LogP contribution in [0.15, 0.2) is 48.8 Å². The van der Waals surface area contributed by atoms with Gasteiger partial charge in [0.2, 0.25) is 0 Å². The molecular weight excluding hydrogens is 302 g/mol. The van der Waals surface area contributed by atoms with Crippen molar-refractivity contribution in [3.63, 3.8) is 0 Å². The fraction of sp³-hybridized carbons (Fsp3) is 0.368. The lowest BCUT2D eigenvalue weighted by Gasteiger charge is -2.26. The highest BCUT2D eigenvalue weighted by atomic mass is 16.5. The number of nitrogens with one attached hydrogen (secondary N) is 1. The second-order valence-corrected chi connectivity index (χ2v) is 6.17. The Morgan fingerprint density at radius 1 is 1.25 bits per heavy atom. The average Bonchev–Trinajstić information content (AvgIpc) is 3.10. The van der Waals surface area contributed by atoms with Crippen LogP contribution in [0.1, 0.15) is 24.0 Å². The Bertz CT molecular complexity index is 652. The van der Waals surface area contributed by atoms with Crippen LogP contribution < -0.4 is 5.32 Å². The molecule has 1 saturated heterocycles. The number of carbonyl (C=O) groups is 1. The summed E-state index contributed by atoms with van der Waals surface area (Å²) in [6.45, 7) is 3.95. The van der Waals surface area contributed by atoms with Gasteiger partial charge in [0.15, 0.2) is 0 Å². The molecule has 1 atom stereocenters. The van der Waals surface area contributed by atoms with E-state index in [1.807, 2.05) is 48.2 Å². The van der Waals surface area contributed by atoms with Crippen LogP contribution in [0, 0.1) is 6.92 Å². The average molecular weight is 325 g/mol. The van der Waals surface area contributed by atoms with E-state index >= 15 is 0 Å². The number of pyridine rings is 1. The van der Waals surface area contributed by atoms with Crippen molar-refractivity contribution in [2.75, 3.05) is 18.5 Å². The van der Waals surface area contributed by atoms with Crippen LogP contribution in [0.2, 0.25) is 0 Å². The van der Waals surface area contributed by atoms with Crippen molar-refractivity contribution in [3.8, 4) is 0 Å². The zero-order chi connectivity index (χ0) is 16.8. The zero-order valence-electron chi connectivity index (χ0n) is 13.9. The number of rotatable bonds is 5. The van der Waals surface area contributed by atoms with Gasteiger partial charge in [0.05, 0.1) is 6.10 Å². The number of urea groups is 1. The van der Waals surface area contributed by atoms with Gasteiger partial charge in [0.25, 0.3) is 0 Å². The van der Waals surface area contributed by atoms with E-state index in [1.54, 1.807) is 12.4 Å². The molecule has 2 amide bonds. The number of aryl methyl sites for hydroxylation is 1. The summed E-state index contributed by atoms with van der Waals surface area (Å²) < 4.78 is 5.70. The first-order valence-corrected chi connectivity index (χ1v) is 8.34. The maximum atomic E-state index is 12.7. The number of anilines is 1. The van der Waals surface area contributed by atoms with Gasteiger partial charge in [-0.15, -0.1) is 0 Å². The van der Waals surface area contributed by atoms with E-state index in [0.717, 1.165) is 30.7 Å². The summed E-state index contributed by atoms with van der Waals surface area (Å²) in [6.07, 6.45) is 5.68. The van der Waals surface area contributed by atoms with Crippen molar-refractivity contribution in [2.45, 2.75) is 32.4 Å². The van der Waals surface area contributed by atoms with E-state index in [2.05, 4.69) is 10.3 Å². The SMILES string of the molecule is Cc1ccc(NC(=O)N(Cc2ccncc2)C[C@H]2CCCO2)cc1. The second-order valence-electron chi connectivity index (χ2n) is 6.17. The van der Waals surface area contributed by atoms with Crippen molar-refractivity contribution < 1.29 is 9.53 Å². The van der Waals surface area contributed by atoms with Crippen molar-refractivity contribution in [3.05, 3.63) is 59.9 Å². The maximum Gasteiger partial charge on any atom is 0.322 e. The normalized spacial score (nSPS) is 16.8. The third kappa shape index (κ3) is 4.55. The Morgan fingerprint density at radius 3 is 2.67 bits per heavy atom. The zero-order valence-corrected chi connectivity index (χ0v) is 13.9. The smallest absolute Gasteiger partial charge is 0.322 e. The van der Waals surface area contributed by atoms with E-state index in [-0.39, 0.29) is 12.1 Å². The number of aromatic nitrogens is 1. The number of benzene rings is 1. The predicted octanol–water partition coefficient (Wildman–Crippen LogP) is 3.60. The quantitative estimate of drug-likeness (QED) is 0.914. The van der Waals surface area contributed by atoms with Crippen LogP contribution in [0.5, 0.6) is 0 Å². The molecule has 1 aliphatic rings. The van der Waals surface area contributed by atoms with Crippen LogP contribution in [0.4, 0.5) is 10.5 Å². The van der Waals surface area contributed by atoms with Gasteiger partial charge in [-0.25, -0.2) is 4.79 Å². The fourth-order valence-electron chi connectivity index (χ4n) is 2.80. The van der Waals surface area contributed by atoms with E-state index in [4.69, 9.17) is 4.74 Å².